The number of nitrogens with one attached hydrogen (secondary N) is 1. The molecule has 23 heavy (non-hydrogen) atoms. The molecule has 120 valence electrons. The van der Waals surface area contributed by atoms with E-state index in [4.69, 9.17) is 0 Å². The maximum absolute atomic E-state index is 11.9. The number of nitrogens with zero attached hydrogens (tertiary/aromatic N) is 2. The summed E-state index contributed by atoms with van der Waals surface area (Å²) in [4.78, 5) is 29.5. The summed E-state index contributed by atoms with van der Waals surface area (Å²) >= 11 is 0. The van der Waals surface area contributed by atoms with Gasteiger partial charge in [0.15, 0.2) is 0 Å². The number of aromatic nitrogens is 1. The van der Waals surface area contributed by atoms with Crippen LogP contribution in [0.25, 0.3) is 0 Å². The van der Waals surface area contributed by atoms with Crippen molar-refractivity contribution in [3.8, 4) is 0 Å². The number of pyridine rings is 1. The zero-order chi connectivity index (χ0) is 16.5. The van der Waals surface area contributed by atoms with Crippen molar-refractivity contribution >= 4 is 11.8 Å². The van der Waals surface area contributed by atoms with E-state index in [1.807, 2.05) is 48.5 Å². The van der Waals surface area contributed by atoms with E-state index < -0.39 is 0 Å². The van der Waals surface area contributed by atoms with Gasteiger partial charge in [-0.15, -0.1) is 0 Å². The number of amides is 2. The van der Waals surface area contributed by atoms with Crippen molar-refractivity contribution in [2.75, 3.05) is 13.1 Å². The summed E-state index contributed by atoms with van der Waals surface area (Å²) in [5.41, 5.74) is 1.81. The number of hydrogen-bond acceptors (Lipinski definition) is 3. The Morgan fingerprint density at radius 1 is 1.09 bits per heavy atom. The Hall–Kier alpha value is -2.69. The molecule has 0 aliphatic rings. The molecule has 0 aliphatic carbocycles. The van der Waals surface area contributed by atoms with E-state index >= 15 is 0 Å². The van der Waals surface area contributed by atoms with Gasteiger partial charge in [-0.25, -0.2) is 0 Å². The first kappa shape index (κ1) is 16.7. The van der Waals surface area contributed by atoms with E-state index in [0.29, 0.717) is 26.1 Å². The Labute approximate surface area is 136 Å². The van der Waals surface area contributed by atoms with Crippen molar-refractivity contribution in [1.82, 2.24) is 15.2 Å². The maximum atomic E-state index is 11.9. The molecule has 2 aromatic rings. The lowest BCUT2D eigenvalue weighted by molar-refractivity contribution is -0.130. The molecule has 0 unspecified atom stereocenters. The Bertz CT molecular complexity index is 629. The number of carbonyl (C=O) groups is 2. The van der Waals surface area contributed by atoms with Crippen LogP contribution in [0.4, 0.5) is 0 Å². The Morgan fingerprint density at radius 2 is 1.83 bits per heavy atom. The van der Waals surface area contributed by atoms with Gasteiger partial charge in [0, 0.05) is 26.2 Å². The molecule has 2 amide bonds. The molecule has 5 nitrogen and oxygen atoms in total. The van der Waals surface area contributed by atoms with E-state index in [9.17, 15) is 9.59 Å². The minimum absolute atomic E-state index is 0.0343. The van der Waals surface area contributed by atoms with Gasteiger partial charge < -0.3 is 10.2 Å². The molecule has 0 fully saturated rings. The lowest BCUT2D eigenvalue weighted by Crippen LogP contribution is -2.37. The molecule has 2 rings (SSSR count). The van der Waals surface area contributed by atoms with Crippen LogP contribution in [0.2, 0.25) is 0 Å². The van der Waals surface area contributed by atoms with Crippen molar-refractivity contribution < 1.29 is 9.59 Å². The van der Waals surface area contributed by atoms with Gasteiger partial charge in [-0.05, 0) is 17.7 Å². The molecule has 5 heteroatoms. The van der Waals surface area contributed by atoms with Crippen LogP contribution < -0.4 is 5.32 Å². The quantitative estimate of drug-likeness (QED) is 0.848. The molecule has 0 atom stereocenters. The predicted molar refractivity (Wildman–Crippen MR) is 88.5 cm³/mol. The van der Waals surface area contributed by atoms with Crippen LogP contribution in [0.1, 0.15) is 18.2 Å². The standard InChI is InChI=1S/C18H21N3O2/c1-15(22)21(14-17-9-5-6-10-19-17)12-11-20-18(23)13-16-7-3-2-4-8-16/h2-10H,11-14H2,1H3,(H,20,23). The van der Waals surface area contributed by atoms with Crippen molar-refractivity contribution in [3.63, 3.8) is 0 Å². The topological polar surface area (TPSA) is 62.3 Å². The van der Waals surface area contributed by atoms with Crippen LogP contribution in [0.5, 0.6) is 0 Å². The number of hydrogen-bond donors (Lipinski definition) is 1. The molecule has 1 heterocycles. The average molecular weight is 311 g/mol. The molecule has 0 radical (unpaired) electrons. The SMILES string of the molecule is CC(=O)N(CCNC(=O)Cc1ccccc1)Cc1ccccn1. The molecule has 1 aromatic carbocycles. The first-order valence-electron chi connectivity index (χ1n) is 7.61. The van der Waals surface area contributed by atoms with E-state index in [-0.39, 0.29) is 11.8 Å². The van der Waals surface area contributed by atoms with Gasteiger partial charge in [-0.2, -0.15) is 0 Å². The van der Waals surface area contributed by atoms with E-state index in [1.165, 1.54) is 6.92 Å². The van der Waals surface area contributed by atoms with Crippen LogP contribution in [0, 0.1) is 0 Å². The van der Waals surface area contributed by atoms with Crippen molar-refractivity contribution in [3.05, 3.63) is 66.0 Å². The summed E-state index contributed by atoms with van der Waals surface area (Å²) in [7, 11) is 0. The molecule has 0 aliphatic heterocycles. The summed E-state index contributed by atoms with van der Waals surface area (Å²) in [5.74, 6) is -0.0782. The first-order valence-corrected chi connectivity index (χ1v) is 7.61. The fourth-order valence-corrected chi connectivity index (χ4v) is 2.21. The third-order valence-corrected chi connectivity index (χ3v) is 3.44. The van der Waals surface area contributed by atoms with E-state index in [2.05, 4.69) is 10.3 Å². The van der Waals surface area contributed by atoms with Gasteiger partial charge in [0.1, 0.15) is 0 Å². The second-order valence-corrected chi connectivity index (χ2v) is 5.27. The van der Waals surface area contributed by atoms with Crippen LogP contribution in [-0.4, -0.2) is 34.8 Å². The van der Waals surface area contributed by atoms with Crippen molar-refractivity contribution in [1.29, 1.82) is 0 Å². The fourth-order valence-electron chi connectivity index (χ4n) is 2.21. The number of benzene rings is 1. The first-order chi connectivity index (χ1) is 11.1. The highest BCUT2D eigenvalue weighted by Gasteiger charge is 2.10. The summed E-state index contributed by atoms with van der Waals surface area (Å²) < 4.78 is 0. The summed E-state index contributed by atoms with van der Waals surface area (Å²) in [6.07, 6.45) is 2.05. The van der Waals surface area contributed by atoms with Crippen LogP contribution in [-0.2, 0) is 22.6 Å². The van der Waals surface area contributed by atoms with Gasteiger partial charge in [0.2, 0.25) is 11.8 Å². The number of carbonyl (C=O) groups excluding carboxylic acids is 2. The molecule has 0 saturated carbocycles. The summed E-state index contributed by atoms with van der Waals surface area (Å²) in [6, 6.07) is 15.2. The smallest absolute Gasteiger partial charge is 0.224 e. The van der Waals surface area contributed by atoms with Gasteiger partial charge in [-0.1, -0.05) is 36.4 Å². The number of rotatable bonds is 7. The van der Waals surface area contributed by atoms with E-state index in [0.717, 1.165) is 11.3 Å². The zero-order valence-electron chi connectivity index (χ0n) is 13.2. The zero-order valence-corrected chi connectivity index (χ0v) is 13.2. The monoisotopic (exact) mass is 311 g/mol. The largest absolute Gasteiger partial charge is 0.354 e. The molecule has 0 saturated heterocycles. The summed E-state index contributed by atoms with van der Waals surface area (Å²) in [5, 5.41) is 2.85. The molecule has 0 spiro atoms. The molecular weight excluding hydrogens is 290 g/mol. The molecular formula is C18H21N3O2. The predicted octanol–water partition coefficient (Wildman–Crippen LogP) is 1.79. The van der Waals surface area contributed by atoms with Crippen LogP contribution in [0.15, 0.2) is 54.7 Å². The highest BCUT2D eigenvalue weighted by Crippen LogP contribution is 2.02. The van der Waals surface area contributed by atoms with Crippen molar-refractivity contribution in [2.24, 2.45) is 0 Å². The summed E-state index contributed by atoms with van der Waals surface area (Å²) in [6.45, 7) is 2.87. The maximum Gasteiger partial charge on any atom is 0.224 e. The normalized spacial score (nSPS) is 10.1. The second-order valence-electron chi connectivity index (χ2n) is 5.27. The van der Waals surface area contributed by atoms with Gasteiger partial charge in [-0.3, -0.25) is 14.6 Å². The minimum Gasteiger partial charge on any atom is -0.354 e. The lowest BCUT2D eigenvalue weighted by Gasteiger charge is -2.20. The van der Waals surface area contributed by atoms with Crippen LogP contribution in [0.3, 0.4) is 0 Å². The third-order valence-electron chi connectivity index (χ3n) is 3.44. The Kier molecular flexibility index (Phi) is 6.29. The lowest BCUT2D eigenvalue weighted by atomic mass is 10.1. The van der Waals surface area contributed by atoms with Crippen molar-refractivity contribution in [2.45, 2.75) is 19.9 Å². The third kappa shape index (κ3) is 5.90. The van der Waals surface area contributed by atoms with Crippen LogP contribution >= 0.6 is 0 Å². The Morgan fingerprint density at radius 3 is 2.48 bits per heavy atom. The average Bonchev–Trinajstić information content (AvgIpc) is 2.55. The molecule has 1 aromatic heterocycles. The van der Waals surface area contributed by atoms with Gasteiger partial charge in [0.25, 0.3) is 0 Å². The Balaban J connectivity index is 1.78. The highest BCUT2D eigenvalue weighted by molar-refractivity contribution is 5.78. The molecule has 1 N–H and O–H groups in total. The highest BCUT2D eigenvalue weighted by atomic mass is 16.2. The fraction of sp³-hybridized carbons (Fsp3) is 0.278. The molecule has 0 bridgehead atoms. The minimum atomic E-state index is -0.0439. The van der Waals surface area contributed by atoms with E-state index in [1.54, 1.807) is 11.1 Å². The second kappa shape index (κ2) is 8.68. The van der Waals surface area contributed by atoms with Gasteiger partial charge >= 0.3 is 0 Å². The van der Waals surface area contributed by atoms with Gasteiger partial charge in [0.05, 0.1) is 18.7 Å².